The minimum absolute atomic E-state index is 0.0367. The molecule has 2 aliphatic rings. The molecule has 1 unspecified atom stereocenters. The third kappa shape index (κ3) is 6.34. The molecule has 1 aliphatic heterocycles. The van der Waals surface area contributed by atoms with Crippen LogP contribution in [0.1, 0.15) is 53.1 Å². The highest BCUT2D eigenvalue weighted by molar-refractivity contribution is 5.82. The maximum atomic E-state index is 13.6. The van der Waals surface area contributed by atoms with Gasteiger partial charge in [0, 0.05) is 31.6 Å². The first kappa shape index (κ1) is 29.1. The Bertz CT molecular complexity index is 1710. The van der Waals surface area contributed by atoms with E-state index in [-0.39, 0.29) is 35.4 Å². The number of nitrogens with zero attached hydrogens (tertiary/aromatic N) is 3. The van der Waals surface area contributed by atoms with Crippen molar-refractivity contribution in [3.05, 3.63) is 129 Å². The highest BCUT2D eigenvalue weighted by atomic mass is 16.6. The van der Waals surface area contributed by atoms with Crippen LogP contribution >= 0.6 is 0 Å². The number of aliphatic carboxylic acids is 1. The third-order valence-electron chi connectivity index (χ3n) is 8.67. The second kappa shape index (κ2) is 12.3. The largest absolute Gasteiger partial charge is 0.481 e. The first-order chi connectivity index (χ1) is 21.3. The monoisotopic (exact) mass is 589 g/mol. The van der Waals surface area contributed by atoms with Crippen LogP contribution < -0.4 is 4.90 Å². The lowest BCUT2D eigenvalue weighted by molar-refractivity contribution is -0.384. The Kier molecular flexibility index (Phi) is 8.15. The van der Waals surface area contributed by atoms with E-state index in [1.54, 1.807) is 11.0 Å². The molecule has 224 valence electrons. The molecule has 1 atom stereocenters. The van der Waals surface area contributed by atoms with Crippen LogP contribution in [0.15, 0.2) is 91.0 Å². The van der Waals surface area contributed by atoms with E-state index in [0.717, 1.165) is 41.5 Å². The molecule has 0 aromatic heterocycles. The minimum atomic E-state index is -0.970. The van der Waals surface area contributed by atoms with Crippen molar-refractivity contribution in [2.24, 2.45) is 5.92 Å². The lowest BCUT2D eigenvalue weighted by Crippen LogP contribution is -2.36. The van der Waals surface area contributed by atoms with Gasteiger partial charge in [0.15, 0.2) is 0 Å². The number of hydrogen-bond acceptors (Lipinski definition) is 5. The number of rotatable bonds is 10. The van der Waals surface area contributed by atoms with E-state index in [9.17, 15) is 24.8 Å². The summed E-state index contributed by atoms with van der Waals surface area (Å²) < 4.78 is 0. The molecule has 1 saturated carbocycles. The number of benzene rings is 4. The molecule has 1 heterocycles. The molecular weight excluding hydrogens is 554 g/mol. The van der Waals surface area contributed by atoms with Crippen LogP contribution in [0.4, 0.5) is 11.4 Å². The molecular formula is C36H35N3O5. The van der Waals surface area contributed by atoms with Crippen LogP contribution in [-0.2, 0) is 29.1 Å². The summed E-state index contributed by atoms with van der Waals surface area (Å²) in [6, 6.07) is 28.3. The SMILES string of the molecule is Cc1ccc(C(CC(=O)O)N(Cc2cccc(-c3ccc(N4CCc5ccccc5C4)c([N+](=O)[O-])c3)c2)C(=O)C2CC2)cc1. The lowest BCUT2D eigenvalue weighted by atomic mass is 9.97. The van der Waals surface area contributed by atoms with Gasteiger partial charge < -0.3 is 14.9 Å². The van der Waals surface area contributed by atoms with Gasteiger partial charge in [-0.25, -0.2) is 0 Å². The summed E-state index contributed by atoms with van der Waals surface area (Å²) in [6.07, 6.45) is 2.25. The first-order valence-electron chi connectivity index (χ1n) is 15.0. The average Bonchev–Trinajstić information content (AvgIpc) is 3.88. The van der Waals surface area contributed by atoms with Gasteiger partial charge in [-0.05, 0) is 71.7 Å². The second-order valence-electron chi connectivity index (χ2n) is 11.9. The van der Waals surface area contributed by atoms with Gasteiger partial charge in [0.25, 0.3) is 5.69 Å². The predicted molar refractivity (Wildman–Crippen MR) is 169 cm³/mol. The molecule has 1 amide bonds. The van der Waals surface area contributed by atoms with Crippen LogP contribution in [0.3, 0.4) is 0 Å². The van der Waals surface area contributed by atoms with Gasteiger partial charge in [0.05, 0.1) is 17.4 Å². The number of nitro benzene ring substituents is 1. The normalized spacial score (nSPS) is 14.9. The molecule has 0 saturated heterocycles. The first-order valence-corrected chi connectivity index (χ1v) is 15.0. The van der Waals surface area contributed by atoms with Crippen LogP contribution in [0.5, 0.6) is 0 Å². The van der Waals surface area contributed by atoms with Gasteiger partial charge >= 0.3 is 5.97 Å². The number of fused-ring (bicyclic) bond motifs is 1. The minimum Gasteiger partial charge on any atom is -0.481 e. The van der Waals surface area contributed by atoms with Gasteiger partial charge in [-0.3, -0.25) is 19.7 Å². The van der Waals surface area contributed by atoms with Gasteiger partial charge in [-0.15, -0.1) is 0 Å². The van der Waals surface area contributed by atoms with Crippen LogP contribution in [0.2, 0.25) is 0 Å². The zero-order valence-corrected chi connectivity index (χ0v) is 24.7. The van der Waals surface area contributed by atoms with Crippen LogP contribution in [-0.4, -0.2) is 33.4 Å². The van der Waals surface area contributed by atoms with E-state index >= 15 is 0 Å². The lowest BCUT2D eigenvalue weighted by Gasteiger charge is -2.32. The zero-order chi connectivity index (χ0) is 30.8. The Morgan fingerprint density at radius 1 is 0.955 bits per heavy atom. The van der Waals surface area contributed by atoms with E-state index in [1.807, 2.05) is 79.7 Å². The molecule has 1 fully saturated rings. The fourth-order valence-electron chi connectivity index (χ4n) is 6.13. The number of aryl methyl sites for hydroxylation is 1. The van der Waals surface area contributed by atoms with Crippen LogP contribution in [0, 0.1) is 23.0 Å². The molecule has 0 bridgehead atoms. The fourth-order valence-corrected chi connectivity index (χ4v) is 6.13. The van der Waals surface area contributed by atoms with Crippen molar-refractivity contribution in [2.75, 3.05) is 11.4 Å². The van der Waals surface area contributed by atoms with E-state index < -0.39 is 12.0 Å². The summed E-state index contributed by atoms with van der Waals surface area (Å²) in [4.78, 5) is 41.2. The number of carboxylic acids is 1. The van der Waals surface area contributed by atoms with Crippen molar-refractivity contribution < 1.29 is 19.6 Å². The standard InChI is InChI=1S/C36H35N3O5/c1-24-9-11-27(12-10-24)33(21-35(40)41)38(36(42)28-13-14-28)22-25-5-4-8-29(19-25)30-15-16-32(34(20-30)39(43)44)37-18-17-26-6-2-3-7-31(26)23-37/h2-12,15-16,19-20,28,33H,13-14,17-18,21-23H2,1H3,(H,40,41). The summed E-state index contributed by atoms with van der Waals surface area (Å²) in [6.45, 7) is 3.53. The van der Waals surface area contributed by atoms with Crippen molar-refractivity contribution in [2.45, 2.75) is 51.7 Å². The summed E-state index contributed by atoms with van der Waals surface area (Å²) in [5.74, 6) is -1.09. The van der Waals surface area contributed by atoms with Gasteiger partial charge in [-0.1, -0.05) is 78.4 Å². The van der Waals surface area contributed by atoms with Gasteiger partial charge in [0.2, 0.25) is 5.91 Å². The highest BCUT2D eigenvalue weighted by Crippen LogP contribution is 2.38. The summed E-state index contributed by atoms with van der Waals surface area (Å²) in [5, 5.41) is 22.0. The smallest absolute Gasteiger partial charge is 0.305 e. The molecule has 6 rings (SSSR count). The maximum absolute atomic E-state index is 13.6. The van der Waals surface area contributed by atoms with Crippen LogP contribution in [0.25, 0.3) is 11.1 Å². The number of hydrogen-bond donors (Lipinski definition) is 1. The summed E-state index contributed by atoms with van der Waals surface area (Å²) in [7, 11) is 0. The van der Waals surface area contributed by atoms with E-state index in [4.69, 9.17) is 0 Å². The fraction of sp³-hybridized carbons (Fsp3) is 0.278. The molecule has 1 N–H and O–H groups in total. The highest BCUT2D eigenvalue weighted by Gasteiger charge is 2.37. The Hall–Kier alpha value is -4.98. The Balaban J connectivity index is 1.30. The van der Waals surface area contributed by atoms with E-state index in [2.05, 4.69) is 17.0 Å². The molecule has 4 aromatic carbocycles. The van der Waals surface area contributed by atoms with Crippen molar-refractivity contribution in [1.29, 1.82) is 0 Å². The Labute approximate surface area is 256 Å². The molecule has 44 heavy (non-hydrogen) atoms. The summed E-state index contributed by atoms with van der Waals surface area (Å²) in [5.41, 5.74) is 7.29. The molecule has 4 aromatic rings. The molecule has 1 aliphatic carbocycles. The molecule has 0 radical (unpaired) electrons. The van der Waals surface area contributed by atoms with Gasteiger partial charge in [0.1, 0.15) is 5.69 Å². The van der Waals surface area contributed by atoms with Gasteiger partial charge in [-0.2, -0.15) is 0 Å². The van der Waals surface area contributed by atoms with Crippen molar-refractivity contribution >= 4 is 23.3 Å². The van der Waals surface area contributed by atoms with Crippen molar-refractivity contribution in [3.63, 3.8) is 0 Å². The second-order valence-corrected chi connectivity index (χ2v) is 11.9. The number of carbonyl (C=O) groups is 2. The summed E-state index contributed by atoms with van der Waals surface area (Å²) >= 11 is 0. The van der Waals surface area contributed by atoms with Crippen molar-refractivity contribution in [3.8, 4) is 11.1 Å². The predicted octanol–water partition coefficient (Wildman–Crippen LogP) is 7.09. The van der Waals surface area contributed by atoms with Crippen molar-refractivity contribution in [1.82, 2.24) is 4.90 Å². The quantitative estimate of drug-likeness (QED) is 0.157. The number of anilines is 1. The number of carbonyl (C=O) groups excluding carboxylic acids is 1. The molecule has 0 spiro atoms. The zero-order valence-electron chi connectivity index (χ0n) is 24.7. The third-order valence-corrected chi connectivity index (χ3v) is 8.67. The Morgan fingerprint density at radius 2 is 1.68 bits per heavy atom. The topological polar surface area (TPSA) is 104 Å². The number of nitro groups is 1. The van der Waals surface area contributed by atoms with E-state index in [0.29, 0.717) is 24.3 Å². The number of carboxylic acid groups (broad SMARTS) is 1. The van der Waals surface area contributed by atoms with E-state index in [1.165, 1.54) is 11.1 Å². The number of amides is 1. The molecule has 8 nitrogen and oxygen atoms in total. The Morgan fingerprint density at radius 3 is 2.39 bits per heavy atom. The maximum Gasteiger partial charge on any atom is 0.305 e. The average molecular weight is 590 g/mol. The molecule has 8 heteroatoms.